The van der Waals surface area contributed by atoms with Crippen LogP contribution in [0, 0.1) is 12.7 Å². The number of nitrogens with two attached hydrogens (primary N) is 1. The van der Waals surface area contributed by atoms with Crippen LogP contribution < -0.4 is 25.0 Å². The van der Waals surface area contributed by atoms with Gasteiger partial charge in [-0.05, 0) is 66.2 Å². The van der Waals surface area contributed by atoms with E-state index in [2.05, 4.69) is 4.98 Å². The molecule has 2 aromatic carbocycles. The van der Waals surface area contributed by atoms with E-state index in [0.717, 1.165) is 4.90 Å². The molecule has 0 radical (unpaired) electrons. The summed E-state index contributed by atoms with van der Waals surface area (Å²) < 4.78 is 43.3. The first-order valence-corrected chi connectivity index (χ1v) is 15.1. The molecular formula is C34H38ClFN4O8. The van der Waals surface area contributed by atoms with Crippen molar-refractivity contribution < 1.29 is 42.1 Å². The second kappa shape index (κ2) is 13.2. The van der Waals surface area contributed by atoms with Gasteiger partial charge in [-0.3, -0.25) is 9.69 Å². The first-order chi connectivity index (χ1) is 22.3. The summed E-state index contributed by atoms with van der Waals surface area (Å²) in [7, 11) is 3.86. The third-order valence-corrected chi connectivity index (χ3v) is 7.22. The van der Waals surface area contributed by atoms with Crippen molar-refractivity contribution in [2.75, 3.05) is 36.8 Å². The lowest BCUT2D eigenvalue weighted by atomic mass is 10.0. The zero-order valence-corrected chi connectivity index (χ0v) is 29.2. The number of nitrogens with zero attached hydrogens (tertiary/aromatic N) is 3. The Morgan fingerprint density at radius 1 is 0.938 bits per heavy atom. The third-order valence-electron chi connectivity index (χ3n) is 6.84. The number of nitrogen functional groups attached to an aromatic ring is 1. The normalized spacial score (nSPS) is 11.7. The van der Waals surface area contributed by atoms with Crippen LogP contribution in [0.15, 0.2) is 40.9 Å². The molecule has 2 amide bonds. The number of hydrogen-bond acceptors (Lipinski definition) is 10. The van der Waals surface area contributed by atoms with Gasteiger partial charge in [-0.15, -0.1) is 0 Å². The highest BCUT2D eigenvalue weighted by atomic mass is 35.5. The first kappa shape index (κ1) is 35.8. The molecule has 0 aliphatic heterocycles. The lowest BCUT2D eigenvalue weighted by molar-refractivity contribution is 0.0581. The summed E-state index contributed by atoms with van der Waals surface area (Å²) in [5.74, 6) is -2.93. The molecule has 4 rings (SSSR count). The Kier molecular flexibility index (Phi) is 9.87. The van der Waals surface area contributed by atoms with Crippen LogP contribution in [0.4, 0.5) is 36.9 Å². The number of hydrogen-bond donors (Lipinski definition) is 1. The van der Waals surface area contributed by atoms with Gasteiger partial charge in [0.1, 0.15) is 28.5 Å². The quantitative estimate of drug-likeness (QED) is 0.149. The van der Waals surface area contributed by atoms with E-state index in [1.54, 1.807) is 66.7 Å². The van der Waals surface area contributed by atoms with Gasteiger partial charge in [-0.25, -0.2) is 23.9 Å². The monoisotopic (exact) mass is 684 g/mol. The van der Waals surface area contributed by atoms with E-state index >= 15 is 4.39 Å². The number of fused-ring (bicyclic) bond motifs is 1. The molecule has 2 aromatic heterocycles. The van der Waals surface area contributed by atoms with Crippen LogP contribution in [0.2, 0.25) is 5.02 Å². The zero-order valence-electron chi connectivity index (χ0n) is 28.4. The predicted octanol–water partition coefficient (Wildman–Crippen LogP) is 8.20. The molecule has 0 spiro atoms. The Labute approximate surface area is 282 Å². The van der Waals surface area contributed by atoms with E-state index in [9.17, 15) is 14.4 Å². The van der Waals surface area contributed by atoms with Crippen molar-refractivity contribution in [3.05, 3.63) is 64.3 Å². The van der Waals surface area contributed by atoms with Crippen molar-refractivity contribution >= 4 is 63.4 Å². The maximum Gasteiger partial charge on any atom is 0.420 e. The lowest BCUT2D eigenvalue weighted by Gasteiger charge is -2.28. The maximum atomic E-state index is 15.7. The number of halogens is 2. The Balaban J connectivity index is 2.05. The number of aryl methyl sites for hydroxylation is 1. The van der Waals surface area contributed by atoms with Gasteiger partial charge in [-0.1, -0.05) is 23.7 Å². The average molecular weight is 685 g/mol. The zero-order chi connectivity index (χ0) is 35.9. The van der Waals surface area contributed by atoms with E-state index in [0.29, 0.717) is 11.3 Å². The highest BCUT2D eigenvalue weighted by Gasteiger charge is 2.35. The fourth-order valence-electron chi connectivity index (χ4n) is 4.80. The number of methoxy groups -OCH3 is 2. The number of carbonyl (C=O) groups excluding carboxylic acids is 3. The minimum Gasteiger partial charge on any atom is -0.495 e. The molecule has 0 fully saturated rings. The molecular weight excluding hydrogens is 647 g/mol. The predicted molar refractivity (Wildman–Crippen MR) is 181 cm³/mol. The molecule has 0 saturated heterocycles. The minimum absolute atomic E-state index is 0.0146. The number of para-hydroxylation sites is 1. The van der Waals surface area contributed by atoms with Crippen molar-refractivity contribution in [2.45, 2.75) is 59.7 Å². The van der Waals surface area contributed by atoms with Gasteiger partial charge in [0.05, 0.1) is 47.8 Å². The van der Waals surface area contributed by atoms with Crippen molar-refractivity contribution in [3.63, 3.8) is 0 Å². The van der Waals surface area contributed by atoms with Crippen molar-refractivity contribution in [1.29, 1.82) is 0 Å². The molecule has 0 saturated carbocycles. The first-order valence-electron chi connectivity index (χ1n) is 14.7. The number of ether oxygens (including phenoxy) is 4. The van der Waals surface area contributed by atoms with Gasteiger partial charge >= 0.3 is 12.2 Å². The number of amides is 2. The molecule has 4 aromatic rings. The molecule has 48 heavy (non-hydrogen) atoms. The van der Waals surface area contributed by atoms with Crippen LogP contribution >= 0.6 is 11.6 Å². The molecule has 0 atom stereocenters. The Morgan fingerprint density at radius 3 is 2.10 bits per heavy atom. The number of ketones is 1. The van der Waals surface area contributed by atoms with Gasteiger partial charge in [-0.2, -0.15) is 0 Å². The van der Waals surface area contributed by atoms with E-state index in [-0.39, 0.29) is 44.7 Å². The van der Waals surface area contributed by atoms with Gasteiger partial charge in [0.25, 0.3) is 0 Å². The van der Waals surface area contributed by atoms with Crippen LogP contribution in [0.3, 0.4) is 0 Å². The van der Waals surface area contributed by atoms with Crippen LogP contribution in [0.5, 0.6) is 11.5 Å². The van der Waals surface area contributed by atoms with Crippen LogP contribution in [-0.4, -0.2) is 55.4 Å². The van der Waals surface area contributed by atoms with Crippen molar-refractivity contribution in [3.8, 4) is 11.5 Å². The second-order valence-corrected chi connectivity index (χ2v) is 13.2. The number of furan rings is 1. The molecule has 256 valence electrons. The summed E-state index contributed by atoms with van der Waals surface area (Å²) >= 11 is 6.45. The minimum atomic E-state index is -1.08. The summed E-state index contributed by atoms with van der Waals surface area (Å²) in [5.41, 5.74) is 5.01. The topological polar surface area (TPSA) is 147 Å². The molecule has 2 N–H and O–H groups in total. The Bertz CT molecular complexity index is 1860. The number of aromatic nitrogens is 1. The van der Waals surface area contributed by atoms with E-state index < -0.39 is 46.3 Å². The van der Waals surface area contributed by atoms with Crippen molar-refractivity contribution in [2.24, 2.45) is 0 Å². The van der Waals surface area contributed by atoms with Crippen LogP contribution in [0.1, 0.15) is 63.2 Å². The van der Waals surface area contributed by atoms with Crippen molar-refractivity contribution in [1.82, 2.24) is 4.98 Å². The lowest BCUT2D eigenvalue weighted by Crippen LogP contribution is -2.35. The second-order valence-electron chi connectivity index (χ2n) is 12.8. The number of rotatable bonds is 7. The average Bonchev–Trinajstić information content (AvgIpc) is 3.35. The van der Waals surface area contributed by atoms with E-state index in [1.165, 1.54) is 44.5 Å². The van der Waals surface area contributed by atoms with Crippen LogP contribution in [-0.2, 0) is 9.47 Å². The SMILES string of the molecule is COc1cc(OC)c(Cl)c(C(=O)c2oc3cnc(N(C(=O)OC(C)(C)C)c4c(C)cccc4N)cc3c2N(C)C(=O)OC(C)(C)C)c1F. The summed E-state index contributed by atoms with van der Waals surface area (Å²) in [6.45, 7) is 11.9. The summed E-state index contributed by atoms with van der Waals surface area (Å²) in [6.07, 6.45) is -0.404. The van der Waals surface area contributed by atoms with Gasteiger partial charge in [0.15, 0.2) is 22.9 Å². The van der Waals surface area contributed by atoms with E-state index in [1.807, 2.05) is 0 Å². The third kappa shape index (κ3) is 7.10. The molecule has 14 heteroatoms. The Hall–Kier alpha value is -5.04. The fourth-order valence-corrected chi connectivity index (χ4v) is 5.10. The molecule has 2 heterocycles. The summed E-state index contributed by atoms with van der Waals surface area (Å²) in [5, 5.41) is -0.208. The number of pyridine rings is 1. The number of carbonyl (C=O) groups is 3. The Morgan fingerprint density at radius 2 is 1.54 bits per heavy atom. The summed E-state index contributed by atoms with van der Waals surface area (Å²) in [6, 6.07) is 7.73. The summed E-state index contributed by atoms with van der Waals surface area (Å²) in [4.78, 5) is 48.0. The van der Waals surface area contributed by atoms with Gasteiger partial charge in [0.2, 0.25) is 5.78 Å². The standard InChI is InChI=1S/C34H38ClFN4O8/c1-17-12-11-13-19(37)27(17)40(32(43)48-34(5,6)7)23-14-18-22(16-38-23)46-30(28(18)39(8)31(42)47-33(2,3)4)29(41)24-25(35)20(44-9)15-21(45-10)26(24)36/h11-16H,37H2,1-10H3. The molecule has 0 aliphatic rings. The highest BCUT2D eigenvalue weighted by molar-refractivity contribution is 6.37. The smallest absolute Gasteiger partial charge is 0.420 e. The largest absolute Gasteiger partial charge is 0.495 e. The maximum absolute atomic E-state index is 15.7. The van der Waals surface area contributed by atoms with Gasteiger partial charge in [0, 0.05) is 13.1 Å². The van der Waals surface area contributed by atoms with Crippen LogP contribution in [0.25, 0.3) is 11.0 Å². The highest BCUT2D eigenvalue weighted by Crippen LogP contribution is 2.43. The van der Waals surface area contributed by atoms with E-state index in [4.69, 9.17) is 40.7 Å². The fraction of sp³-hybridized carbons (Fsp3) is 0.353. The molecule has 0 aliphatic carbocycles. The number of anilines is 4. The molecule has 12 nitrogen and oxygen atoms in total. The molecule has 0 bridgehead atoms. The van der Waals surface area contributed by atoms with Gasteiger partial charge < -0.3 is 29.1 Å². The molecule has 0 unspecified atom stereocenters. The number of benzene rings is 2.